The van der Waals surface area contributed by atoms with Crippen molar-refractivity contribution in [2.45, 2.75) is 99.3 Å². The highest BCUT2D eigenvalue weighted by Gasteiger charge is 2.20. The lowest BCUT2D eigenvalue weighted by Crippen LogP contribution is -2.02. The van der Waals surface area contributed by atoms with E-state index in [1.807, 2.05) is 114 Å². The zero-order valence-electron chi connectivity index (χ0n) is 34.0. The number of rotatable bonds is 0. The van der Waals surface area contributed by atoms with E-state index < -0.39 is 0 Å². The number of fused-ring (bicyclic) bond motifs is 12. The molecule has 1 aliphatic carbocycles. The summed E-state index contributed by atoms with van der Waals surface area (Å²) in [5, 5.41) is 69.8. The number of hydrogen-bond donors (Lipinski definition) is 6. The Hall–Kier alpha value is -5.88. The Bertz CT molecular complexity index is 2080. The van der Waals surface area contributed by atoms with Crippen molar-refractivity contribution >= 4 is 0 Å². The van der Waals surface area contributed by atoms with Crippen molar-refractivity contribution in [3.05, 3.63) is 173 Å². The first kappa shape index (κ1) is 39.4. The topological polar surface area (TPSA) is 121 Å². The molecule has 0 atom stereocenters. The first-order chi connectivity index (χ1) is 27.1. The molecule has 6 aromatic carbocycles. The number of aryl methyl sites for hydroxylation is 12. The lowest BCUT2D eigenvalue weighted by molar-refractivity contribution is 0.450. The number of phenolic OH excluding ortho intramolecular Hbond substituents is 6. The van der Waals surface area contributed by atoms with Gasteiger partial charge in [0.1, 0.15) is 34.5 Å². The van der Waals surface area contributed by atoms with Gasteiger partial charge in [-0.25, -0.2) is 0 Å². The first-order valence-electron chi connectivity index (χ1n) is 20.0. The summed E-state index contributed by atoms with van der Waals surface area (Å²) in [6.45, 7) is 12.0. The van der Waals surface area contributed by atoms with E-state index >= 15 is 0 Å². The van der Waals surface area contributed by atoms with Gasteiger partial charge in [-0.2, -0.15) is 0 Å². The van der Waals surface area contributed by atoms with Crippen molar-refractivity contribution in [3.8, 4) is 34.5 Å². The largest absolute Gasteiger partial charge is 0.507 e. The van der Waals surface area contributed by atoms with Crippen LogP contribution in [0.2, 0.25) is 0 Å². The van der Waals surface area contributed by atoms with E-state index in [9.17, 15) is 30.6 Å². The van der Waals surface area contributed by atoms with Gasteiger partial charge in [0.15, 0.2) is 0 Å². The first-order valence-corrected chi connectivity index (χ1v) is 20.0. The third-order valence-electron chi connectivity index (χ3n) is 11.6. The molecule has 6 aromatic rings. The van der Waals surface area contributed by atoms with E-state index in [-0.39, 0.29) is 34.5 Å². The Balaban J connectivity index is 1.33. The molecule has 0 heterocycles. The molecule has 1 aliphatic rings. The Labute approximate surface area is 336 Å². The Kier molecular flexibility index (Phi) is 11.0. The van der Waals surface area contributed by atoms with Crippen LogP contribution in [0.4, 0.5) is 0 Å². The summed E-state index contributed by atoms with van der Waals surface area (Å²) < 4.78 is 0. The van der Waals surface area contributed by atoms with Crippen LogP contribution in [0.5, 0.6) is 34.5 Å². The maximum absolute atomic E-state index is 11.6. The quantitative estimate of drug-likeness (QED) is 0.0917. The molecule has 0 saturated heterocycles. The number of benzene rings is 6. The maximum Gasteiger partial charge on any atom is 0.122 e. The zero-order valence-corrected chi connectivity index (χ0v) is 34.0. The van der Waals surface area contributed by atoms with E-state index in [0.29, 0.717) is 57.8 Å². The fraction of sp³-hybridized carbons (Fsp3) is 0.294. The molecule has 12 bridgehead atoms. The van der Waals surface area contributed by atoms with E-state index in [0.717, 1.165) is 100 Å². The predicted octanol–water partition coefficient (Wildman–Crippen LogP) is 10.2. The number of aromatic hydroxyl groups is 6. The van der Waals surface area contributed by atoms with Crippen LogP contribution in [0.15, 0.2) is 72.8 Å². The van der Waals surface area contributed by atoms with Crippen molar-refractivity contribution < 1.29 is 30.6 Å². The second kappa shape index (κ2) is 15.9. The smallest absolute Gasteiger partial charge is 0.122 e. The molecule has 0 aromatic heterocycles. The van der Waals surface area contributed by atoms with Crippen molar-refractivity contribution in [3.63, 3.8) is 0 Å². The highest BCUT2D eigenvalue weighted by molar-refractivity contribution is 5.55. The highest BCUT2D eigenvalue weighted by Crippen LogP contribution is 2.38. The summed E-state index contributed by atoms with van der Waals surface area (Å²) in [5.41, 5.74) is 14.9. The van der Waals surface area contributed by atoms with Crippen LogP contribution in [-0.2, 0) is 57.8 Å². The lowest BCUT2D eigenvalue weighted by atomic mass is 9.91. The lowest BCUT2D eigenvalue weighted by Gasteiger charge is -2.17. The predicted molar refractivity (Wildman–Crippen MR) is 228 cm³/mol. The molecular formula is C51H54O6. The van der Waals surface area contributed by atoms with E-state index in [1.54, 1.807) is 0 Å². The minimum atomic E-state index is 0.189. The average Bonchev–Trinajstić information content (AvgIpc) is 3.14. The van der Waals surface area contributed by atoms with Crippen molar-refractivity contribution in [1.82, 2.24) is 0 Å². The molecule has 0 unspecified atom stereocenters. The van der Waals surface area contributed by atoms with Gasteiger partial charge >= 0.3 is 0 Å². The molecule has 0 spiro atoms. The van der Waals surface area contributed by atoms with Gasteiger partial charge < -0.3 is 30.6 Å². The van der Waals surface area contributed by atoms with Gasteiger partial charge in [0.05, 0.1) is 0 Å². The monoisotopic (exact) mass is 762 g/mol. The average molecular weight is 763 g/mol. The number of hydrogen-bond acceptors (Lipinski definition) is 6. The van der Waals surface area contributed by atoms with E-state index in [1.165, 1.54) is 0 Å². The summed E-state index contributed by atoms with van der Waals surface area (Å²) >= 11 is 0. The molecule has 0 fully saturated rings. The molecule has 6 N–H and O–H groups in total. The van der Waals surface area contributed by atoms with Gasteiger partial charge in [0.25, 0.3) is 0 Å². The van der Waals surface area contributed by atoms with E-state index in [4.69, 9.17) is 0 Å². The molecule has 7 rings (SSSR count). The molecule has 6 heteroatoms. The van der Waals surface area contributed by atoms with Gasteiger partial charge in [-0.3, -0.25) is 0 Å². The minimum absolute atomic E-state index is 0.189. The molecular weight excluding hydrogens is 709 g/mol. The number of phenols is 6. The zero-order chi connectivity index (χ0) is 40.7. The second-order valence-corrected chi connectivity index (χ2v) is 16.6. The highest BCUT2D eigenvalue weighted by atomic mass is 16.3. The molecule has 0 radical (unpaired) electrons. The Morgan fingerprint density at radius 3 is 0.491 bits per heavy atom. The normalized spacial score (nSPS) is 13.6. The van der Waals surface area contributed by atoms with Gasteiger partial charge in [-0.1, -0.05) is 106 Å². The Morgan fingerprint density at radius 2 is 0.351 bits per heavy atom. The van der Waals surface area contributed by atoms with Crippen LogP contribution in [-0.4, -0.2) is 30.6 Å². The SMILES string of the molecule is Cc1cc2c(O)c(c1)Cc1cc(C)cc(c1O)CCc1cc(C)cc(c1O)Cc1cc(C)cc(c1O)CCc1cc(C)cc(c1O)Cc1cc(C)cc(c1O)CC2. The van der Waals surface area contributed by atoms with Gasteiger partial charge in [0, 0.05) is 19.3 Å². The molecule has 6 nitrogen and oxygen atoms in total. The van der Waals surface area contributed by atoms with Crippen LogP contribution in [0, 0.1) is 41.5 Å². The van der Waals surface area contributed by atoms with Gasteiger partial charge in [0.2, 0.25) is 0 Å². The van der Waals surface area contributed by atoms with Crippen molar-refractivity contribution in [2.75, 3.05) is 0 Å². The van der Waals surface area contributed by atoms with E-state index in [2.05, 4.69) is 0 Å². The third-order valence-corrected chi connectivity index (χ3v) is 11.6. The van der Waals surface area contributed by atoms with Crippen molar-refractivity contribution in [2.24, 2.45) is 0 Å². The minimum Gasteiger partial charge on any atom is -0.507 e. The van der Waals surface area contributed by atoms with Gasteiger partial charge in [-0.15, -0.1) is 0 Å². The molecule has 0 amide bonds. The molecule has 294 valence electrons. The van der Waals surface area contributed by atoms with Crippen LogP contribution in [0.1, 0.15) is 100 Å². The molecule has 0 aliphatic heterocycles. The third kappa shape index (κ3) is 8.46. The summed E-state index contributed by atoms with van der Waals surface area (Å²) in [6.07, 6.45) is 4.00. The second-order valence-electron chi connectivity index (χ2n) is 16.6. The van der Waals surface area contributed by atoms with Crippen LogP contribution >= 0.6 is 0 Å². The van der Waals surface area contributed by atoms with Crippen LogP contribution in [0.25, 0.3) is 0 Å². The molecule has 57 heavy (non-hydrogen) atoms. The van der Waals surface area contributed by atoms with Crippen LogP contribution < -0.4 is 0 Å². The summed E-state index contributed by atoms with van der Waals surface area (Å²) in [7, 11) is 0. The summed E-state index contributed by atoms with van der Waals surface area (Å²) in [6, 6.07) is 23.7. The van der Waals surface area contributed by atoms with Crippen LogP contribution in [0.3, 0.4) is 0 Å². The molecule has 0 saturated carbocycles. The maximum atomic E-state index is 11.6. The fourth-order valence-electron chi connectivity index (χ4n) is 8.98. The van der Waals surface area contributed by atoms with Crippen molar-refractivity contribution in [1.29, 1.82) is 0 Å². The van der Waals surface area contributed by atoms with Gasteiger partial charge in [-0.05, 0) is 147 Å². The fourth-order valence-corrected chi connectivity index (χ4v) is 8.98. The summed E-state index contributed by atoms with van der Waals surface area (Å²) in [5.74, 6) is 1.13. The Morgan fingerprint density at radius 1 is 0.228 bits per heavy atom. The summed E-state index contributed by atoms with van der Waals surface area (Å²) in [4.78, 5) is 0. The standard InChI is InChI=1S/C51H54O6/c1-28-13-34-7-8-35-14-30(3)21-42(48(35)54)26-43-22-32(5)17-38(50(43)56)11-12-39-18-33(6)24-45(51(39)57)27-44-23-31(4)16-37(49(44)55)10-9-36-15-29(2)20-41(47(36)53)25-40(19-28)46(34)52/h13-24,52-57H,7-12,25-27H2,1-6H3.